The van der Waals surface area contributed by atoms with Gasteiger partial charge in [0, 0.05) is 12.3 Å². The molecule has 1 aromatic carbocycles. The van der Waals surface area contributed by atoms with Crippen molar-refractivity contribution in [2.45, 2.75) is 89.9 Å². The maximum Gasteiger partial charge on any atom is 0.135 e. The minimum Gasteiger partial charge on any atom is -0.393 e. The summed E-state index contributed by atoms with van der Waals surface area (Å²) in [5, 5.41) is 31.2. The predicted molar refractivity (Wildman–Crippen MR) is 121 cm³/mol. The molecule has 1 aromatic rings. The first kappa shape index (κ1) is 24.8. The number of benzene rings is 1. The summed E-state index contributed by atoms with van der Waals surface area (Å²) in [6, 6.07) is 10.2. The molecule has 1 saturated carbocycles. The van der Waals surface area contributed by atoms with Crippen LogP contribution in [0.15, 0.2) is 42.5 Å². The highest BCUT2D eigenvalue weighted by Crippen LogP contribution is 2.38. The maximum atomic E-state index is 11.7. The van der Waals surface area contributed by atoms with Crippen molar-refractivity contribution in [3.63, 3.8) is 0 Å². The molecule has 3 N–H and O–H groups in total. The normalized spacial score (nSPS) is 25.3. The lowest BCUT2D eigenvalue weighted by Crippen LogP contribution is -2.23. The van der Waals surface area contributed by atoms with Crippen molar-refractivity contribution in [1.82, 2.24) is 0 Å². The largest absolute Gasteiger partial charge is 0.393 e. The van der Waals surface area contributed by atoms with Crippen molar-refractivity contribution < 1.29 is 20.1 Å². The van der Waals surface area contributed by atoms with E-state index in [1.807, 2.05) is 32.0 Å². The fraction of sp³-hybridized carbons (Fsp3) is 0.654. The van der Waals surface area contributed by atoms with E-state index in [1.165, 1.54) is 5.56 Å². The van der Waals surface area contributed by atoms with Gasteiger partial charge in [-0.1, -0.05) is 56.3 Å². The van der Waals surface area contributed by atoms with E-state index < -0.39 is 12.2 Å². The summed E-state index contributed by atoms with van der Waals surface area (Å²) in [4.78, 5) is 11.7. The van der Waals surface area contributed by atoms with Crippen LogP contribution in [0.4, 0.5) is 0 Å². The minimum atomic E-state index is -0.497. The number of carbonyl (C=O) groups excluding carboxylic acids is 1. The Labute approximate surface area is 182 Å². The summed E-state index contributed by atoms with van der Waals surface area (Å²) in [5.41, 5.74) is 1.23. The molecule has 2 rings (SSSR count). The van der Waals surface area contributed by atoms with Crippen LogP contribution in [0.3, 0.4) is 0 Å². The van der Waals surface area contributed by atoms with Crippen LogP contribution in [0.2, 0.25) is 0 Å². The van der Waals surface area contributed by atoms with Crippen molar-refractivity contribution >= 4 is 5.78 Å². The van der Waals surface area contributed by atoms with Crippen molar-refractivity contribution in [2.24, 2.45) is 17.8 Å². The van der Waals surface area contributed by atoms with Gasteiger partial charge in [-0.2, -0.15) is 0 Å². The number of hydrogen-bond acceptors (Lipinski definition) is 4. The van der Waals surface area contributed by atoms with E-state index in [2.05, 4.69) is 24.3 Å². The van der Waals surface area contributed by atoms with Crippen molar-refractivity contribution in [2.75, 3.05) is 0 Å². The number of hydrogen-bond donors (Lipinski definition) is 3. The average molecular weight is 417 g/mol. The maximum absolute atomic E-state index is 11.7. The lowest BCUT2D eigenvalue weighted by molar-refractivity contribution is -0.121. The molecule has 0 bridgehead atoms. The molecule has 0 unspecified atom stereocenters. The number of ketones is 1. The van der Waals surface area contributed by atoms with Gasteiger partial charge in [-0.3, -0.25) is 4.79 Å². The zero-order chi connectivity index (χ0) is 21.9. The van der Waals surface area contributed by atoms with Crippen LogP contribution < -0.4 is 0 Å². The Kier molecular flexibility index (Phi) is 10.8. The first-order chi connectivity index (χ1) is 14.4. The van der Waals surface area contributed by atoms with Crippen LogP contribution >= 0.6 is 0 Å². The number of aryl methyl sites for hydroxylation is 1. The van der Waals surface area contributed by atoms with Gasteiger partial charge < -0.3 is 15.3 Å². The van der Waals surface area contributed by atoms with Gasteiger partial charge in [0.2, 0.25) is 0 Å². The van der Waals surface area contributed by atoms with Crippen molar-refractivity contribution in [3.05, 3.63) is 48.0 Å². The zero-order valence-electron chi connectivity index (χ0n) is 18.6. The number of aliphatic hydroxyl groups is 3. The lowest BCUT2D eigenvalue weighted by Gasteiger charge is -2.23. The fourth-order valence-corrected chi connectivity index (χ4v) is 4.47. The Bertz CT molecular complexity index is 640. The Hall–Kier alpha value is -1.49. The Morgan fingerprint density at radius 3 is 2.47 bits per heavy atom. The van der Waals surface area contributed by atoms with Crippen LogP contribution in [-0.2, 0) is 11.2 Å². The lowest BCUT2D eigenvalue weighted by atomic mass is 9.85. The van der Waals surface area contributed by atoms with E-state index in [0.717, 1.165) is 38.5 Å². The average Bonchev–Trinajstić information content (AvgIpc) is 3.00. The second-order valence-corrected chi connectivity index (χ2v) is 9.17. The molecule has 0 heterocycles. The first-order valence-corrected chi connectivity index (χ1v) is 11.6. The van der Waals surface area contributed by atoms with Crippen molar-refractivity contribution in [1.29, 1.82) is 0 Å². The molecule has 1 fully saturated rings. The molecule has 0 aliphatic heterocycles. The third kappa shape index (κ3) is 8.33. The summed E-state index contributed by atoms with van der Waals surface area (Å²) >= 11 is 0. The Morgan fingerprint density at radius 1 is 1.07 bits per heavy atom. The molecule has 0 amide bonds. The van der Waals surface area contributed by atoms with Crippen LogP contribution in [-0.4, -0.2) is 39.4 Å². The third-order valence-corrected chi connectivity index (χ3v) is 6.48. The smallest absolute Gasteiger partial charge is 0.135 e. The molecule has 168 valence electrons. The van der Waals surface area contributed by atoms with E-state index in [4.69, 9.17) is 0 Å². The number of Topliss-reactive ketones (excluding diaryl/α,β-unsaturated/α-hetero) is 1. The highest BCUT2D eigenvalue weighted by Gasteiger charge is 2.40. The van der Waals surface area contributed by atoms with E-state index in [9.17, 15) is 20.1 Å². The summed E-state index contributed by atoms with van der Waals surface area (Å²) in [7, 11) is 0. The second-order valence-electron chi connectivity index (χ2n) is 9.17. The molecule has 0 saturated heterocycles. The zero-order valence-corrected chi connectivity index (χ0v) is 18.6. The first-order valence-electron chi connectivity index (χ1n) is 11.6. The quantitative estimate of drug-likeness (QED) is 0.328. The number of carbonyl (C=O) groups is 1. The number of unbranched alkanes of at least 4 members (excludes halogenated alkanes) is 1. The molecular formula is C26H40O4. The highest BCUT2D eigenvalue weighted by molar-refractivity contribution is 5.80. The molecule has 0 radical (unpaired) electrons. The van der Waals surface area contributed by atoms with Crippen LogP contribution in [0.25, 0.3) is 0 Å². The summed E-state index contributed by atoms with van der Waals surface area (Å²) < 4.78 is 0. The topological polar surface area (TPSA) is 77.8 Å². The van der Waals surface area contributed by atoms with Gasteiger partial charge in [-0.25, -0.2) is 0 Å². The van der Waals surface area contributed by atoms with Crippen molar-refractivity contribution in [3.8, 4) is 0 Å². The van der Waals surface area contributed by atoms with E-state index in [-0.39, 0.29) is 23.9 Å². The SMILES string of the molecule is CC(C)C(=O)CCC/C=C\C[C@@H]1[C@@H](CC[C@@H](O)CCc2ccccc2)[C@H](O)C[C@@H]1O. The van der Waals surface area contributed by atoms with Gasteiger partial charge >= 0.3 is 0 Å². The molecule has 30 heavy (non-hydrogen) atoms. The molecule has 1 aliphatic carbocycles. The van der Waals surface area contributed by atoms with E-state index >= 15 is 0 Å². The molecule has 1 aliphatic rings. The molecule has 4 heteroatoms. The Balaban J connectivity index is 1.72. The summed E-state index contributed by atoms with van der Waals surface area (Å²) in [6.07, 6.45) is 9.28. The van der Waals surface area contributed by atoms with Gasteiger partial charge in [0.15, 0.2) is 0 Å². The van der Waals surface area contributed by atoms with Crippen LogP contribution in [0.5, 0.6) is 0 Å². The summed E-state index contributed by atoms with van der Waals surface area (Å²) in [6.45, 7) is 3.87. The van der Waals surface area contributed by atoms with Crippen LogP contribution in [0.1, 0.15) is 70.8 Å². The van der Waals surface area contributed by atoms with Gasteiger partial charge in [0.05, 0.1) is 18.3 Å². The van der Waals surface area contributed by atoms with Gasteiger partial charge in [0.25, 0.3) is 0 Å². The number of aliphatic hydroxyl groups excluding tert-OH is 3. The standard InChI is InChI=1S/C26H40O4/c1-19(2)24(28)13-9-4-3-8-12-22-23(26(30)18-25(22)29)17-16-21(27)15-14-20-10-6-5-7-11-20/h3,5-8,10-11,19,21-23,25-27,29-30H,4,9,12-18H2,1-2H3/b8-3-/t21-,22+,23+,25-,26+/m0/s1. The second kappa shape index (κ2) is 13.0. The van der Waals surface area contributed by atoms with Gasteiger partial charge in [-0.15, -0.1) is 0 Å². The van der Waals surface area contributed by atoms with Gasteiger partial charge in [-0.05, 0) is 68.8 Å². The Morgan fingerprint density at radius 2 is 1.77 bits per heavy atom. The van der Waals surface area contributed by atoms with E-state index in [1.54, 1.807) is 0 Å². The minimum absolute atomic E-state index is 0.0264. The van der Waals surface area contributed by atoms with Crippen LogP contribution in [0, 0.1) is 17.8 Å². The molecule has 0 aromatic heterocycles. The molecule has 5 atom stereocenters. The predicted octanol–water partition coefficient (Wildman–Crippen LogP) is 4.46. The molecule has 0 spiro atoms. The summed E-state index contributed by atoms with van der Waals surface area (Å²) in [5.74, 6) is 0.477. The van der Waals surface area contributed by atoms with Gasteiger partial charge in [0.1, 0.15) is 5.78 Å². The number of allylic oxidation sites excluding steroid dienone is 2. The van der Waals surface area contributed by atoms with E-state index in [0.29, 0.717) is 25.0 Å². The molecular weight excluding hydrogens is 376 g/mol. The monoisotopic (exact) mass is 416 g/mol. The third-order valence-electron chi connectivity index (χ3n) is 6.48. The highest BCUT2D eigenvalue weighted by atomic mass is 16.3. The number of rotatable bonds is 13. The molecule has 4 nitrogen and oxygen atoms in total. The fourth-order valence-electron chi connectivity index (χ4n) is 4.47.